The SMILES string of the molecule is COc1cc(Cl)c(C)cc1Nc1cc(C)nc(NCc2ccc(C)cc2)n1. The lowest BCUT2D eigenvalue weighted by molar-refractivity contribution is 0.416. The Morgan fingerprint density at radius 3 is 2.44 bits per heavy atom. The van der Waals surface area contributed by atoms with E-state index in [1.165, 1.54) is 11.1 Å². The lowest BCUT2D eigenvalue weighted by Crippen LogP contribution is -2.06. The van der Waals surface area contributed by atoms with Crippen LogP contribution in [0.15, 0.2) is 42.5 Å². The molecule has 0 bridgehead atoms. The molecule has 0 atom stereocenters. The minimum absolute atomic E-state index is 0.572. The maximum Gasteiger partial charge on any atom is 0.225 e. The molecular formula is C21H23ClN4O. The Morgan fingerprint density at radius 2 is 1.74 bits per heavy atom. The Labute approximate surface area is 164 Å². The topological polar surface area (TPSA) is 59.1 Å². The fraction of sp³-hybridized carbons (Fsp3) is 0.238. The Morgan fingerprint density at radius 1 is 1.00 bits per heavy atom. The highest BCUT2D eigenvalue weighted by atomic mass is 35.5. The molecule has 0 amide bonds. The first-order chi connectivity index (χ1) is 12.9. The predicted molar refractivity (Wildman–Crippen MR) is 111 cm³/mol. The molecule has 5 nitrogen and oxygen atoms in total. The summed E-state index contributed by atoms with van der Waals surface area (Å²) in [5, 5.41) is 7.25. The third-order valence-electron chi connectivity index (χ3n) is 4.17. The number of hydrogen-bond donors (Lipinski definition) is 2. The van der Waals surface area contributed by atoms with Crippen LogP contribution < -0.4 is 15.4 Å². The van der Waals surface area contributed by atoms with Crippen molar-refractivity contribution in [3.8, 4) is 5.75 Å². The summed E-state index contributed by atoms with van der Waals surface area (Å²) >= 11 is 6.18. The lowest BCUT2D eigenvalue weighted by Gasteiger charge is -2.14. The number of rotatable bonds is 6. The maximum atomic E-state index is 6.18. The zero-order chi connectivity index (χ0) is 19.4. The summed E-state index contributed by atoms with van der Waals surface area (Å²) in [6.45, 7) is 6.62. The quantitative estimate of drug-likeness (QED) is 0.596. The average Bonchev–Trinajstić information content (AvgIpc) is 2.63. The van der Waals surface area contributed by atoms with Gasteiger partial charge in [0, 0.05) is 29.4 Å². The molecule has 0 spiro atoms. The molecule has 0 aliphatic rings. The number of anilines is 3. The largest absolute Gasteiger partial charge is 0.495 e. The van der Waals surface area contributed by atoms with Crippen LogP contribution in [0, 0.1) is 20.8 Å². The highest BCUT2D eigenvalue weighted by Crippen LogP contribution is 2.32. The third-order valence-corrected chi connectivity index (χ3v) is 4.58. The summed E-state index contributed by atoms with van der Waals surface area (Å²) < 4.78 is 5.42. The number of hydrogen-bond acceptors (Lipinski definition) is 5. The third kappa shape index (κ3) is 4.89. The van der Waals surface area contributed by atoms with Gasteiger partial charge in [-0.25, -0.2) is 4.98 Å². The summed E-state index contributed by atoms with van der Waals surface area (Å²) in [6, 6.07) is 14.0. The second kappa shape index (κ2) is 8.27. The van der Waals surface area contributed by atoms with Gasteiger partial charge in [-0.2, -0.15) is 4.98 Å². The second-order valence-electron chi connectivity index (χ2n) is 6.48. The predicted octanol–water partition coefficient (Wildman–Crippen LogP) is 5.42. The molecule has 0 saturated heterocycles. The van der Waals surface area contributed by atoms with E-state index in [4.69, 9.17) is 16.3 Å². The van der Waals surface area contributed by atoms with E-state index in [-0.39, 0.29) is 0 Å². The average molecular weight is 383 g/mol. The first-order valence-electron chi connectivity index (χ1n) is 8.71. The Hall–Kier alpha value is -2.79. The van der Waals surface area contributed by atoms with Crippen molar-refractivity contribution in [2.45, 2.75) is 27.3 Å². The smallest absolute Gasteiger partial charge is 0.225 e. The van der Waals surface area contributed by atoms with E-state index in [1.54, 1.807) is 13.2 Å². The molecule has 0 saturated carbocycles. The number of nitrogens with one attached hydrogen (secondary N) is 2. The van der Waals surface area contributed by atoms with Crippen molar-refractivity contribution < 1.29 is 4.74 Å². The van der Waals surface area contributed by atoms with E-state index in [0.717, 1.165) is 16.9 Å². The van der Waals surface area contributed by atoms with E-state index >= 15 is 0 Å². The monoisotopic (exact) mass is 382 g/mol. The van der Waals surface area contributed by atoms with Gasteiger partial charge in [-0.3, -0.25) is 0 Å². The molecule has 2 N–H and O–H groups in total. The first kappa shape index (κ1) is 19.0. The van der Waals surface area contributed by atoms with Crippen molar-refractivity contribution >= 4 is 29.1 Å². The molecule has 0 aliphatic heterocycles. The molecule has 27 heavy (non-hydrogen) atoms. The molecule has 1 aromatic heterocycles. The lowest BCUT2D eigenvalue weighted by atomic mass is 10.1. The van der Waals surface area contributed by atoms with Gasteiger partial charge in [-0.15, -0.1) is 0 Å². The van der Waals surface area contributed by atoms with Crippen molar-refractivity contribution in [2.75, 3.05) is 17.7 Å². The Balaban J connectivity index is 1.79. The number of aromatic nitrogens is 2. The summed E-state index contributed by atoms with van der Waals surface area (Å²) in [4.78, 5) is 9.03. The van der Waals surface area contributed by atoms with Crippen LogP contribution in [0.3, 0.4) is 0 Å². The highest BCUT2D eigenvalue weighted by molar-refractivity contribution is 6.31. The van der Waals surface area contributed by atoms with E-state index in [9.17, 15) is 0 Å². The molecule has 3 rings (SSSR count). The summed E-state index contributed by atoms with van der Waals surface area (Å²) in [7, 11) is 1.62. The van der Waals surface area contributed by atoms with E-state index in [0.29, 0.717) is 29.1 Å². The van der Waals surface area contributed by atoms with E-state index in [2.05, 4.69) is 51.8 Å². The van der Waals surface area contributed by atoms with Crippen LogP contribution in [0.1, 0.15) is 22.4 Å². The van der Waals surface area contributed by atoms with Crippen LogP contribution >= 0.6 is 11.6 Å². The van der Waals surface area contributed by atoms with Gasteiger partial charge in [0.2, 0.25) is 5.95 Å². The first-order valence-corrected chi connectivity index (χ1v) is 9.08. The number of nitrogens with zero attached hydrogens (tertiary/aromatic N) is 2. The molecule has 6 heteroatoms. The summed E-state index contributed by atoms with van der Waals surface area (Å²) in [6.07, 6.45) is 0. The molecule has 140 valence electrons. The van der Waals surface area contributed by atoms with Crippen molar-refractivity contribution in [1.82, 2.24) is 9.97 Å². The van der Waals surface area contributed by atoms with Gasteiger partial charge < -0.3 is 15.4 Å². The zero-order valence-electron chi connectivity index (χ0n) is 15.9. The minimum Gasteiger partial charge on any atom is -0.495 e. The van der Waals surface area contributed by atoms with Gasteiger partial charge in [-0.05, 0) is 38.0 Å². The van der Waals surface area contributed by atoms with E-state index < -0.39 is 0 Å². The maximum absolute atomic E-state index is 6.18. The van der Waals surface area contributed by atoms with Crippen molar-refractivity contribution in [3.63, 3.8) is 0 Å². The number of halogens is 1. The molecular weight excluding hydrogens is 360 g/mol. The van der Waals surface area contributed by atoms with Gasteiger partial charge in [0.05, 0.1) is 12.8 Å². The molecule has 0 radical (unpaired) electrons. The van der Waals surface area contributed by atoms with Gasteiger partial charge in [0.1, 0.15) is 11.6 Å². The molecule has 0 aliphatic carbocycles. The van der Waals surface area contributed by atoms with Crippen molar-refractivity contribution in [2.24, 2.45) is 0 Å². The molecule has 3 aromatic rings. The zero-order valence-corrected chi connectivity index (χ0v) is 16.7. The molecule has 2 aromatic carbocycles. The van der Waals surface area contributed by atoms with Gasteiger partial charge >= 0.3 is 0 Å². The fourth-order valence-corrected chi connectivity index (χ4v) is 2.82. The summed E-state index contributed by atoms with van der Waals surface area (Å²) in [5.74, 6) is 1.92. The van der Waals surface area contributed by atoms with Crippen LogP contribution in [0.5, 0.6) is 5.75 Å². The van der Waals surface area contributed by atoms with Gasteiger partial charge in [0.25, 0.3) is 0 Å². The number of methoxy groups -OCH3 is 1. The van der Waals surface area contributed by atoms with Gasteiger partial charge in [0.15, 0.2) is 0 Å². The van der Waals surface area contributed by atoms with Crippen LogP contribution in [0.2, 0.25) is 5.02 Å². The number of benzene rings is 2. The van der Waals surface area contributed by atoms with Crippen LogP contribution in [-0.4, -0.2) is 17.1 Å². The Bertz CT molecular complexity index is 942. The van der Waals surface area contributed by atoms with Crippen LogP contribution in [0.4, 0.5) is 17.5 Å². The van der Waals surface area contributed by atoms with Crippen LogP contribution in [-0.2, 0) is 6.54 Å². The van der Waals surface area contributed by atoms with Crippen molar-refractivity contribution in [1.29, 1.82) is 0 Å². The molecule has 1 heterocycles. The second-order valence-corrected chi connectivity index (χ2v) is 6.89. The van der Waals surface area contributed by atoms with Crippen LogP contribution in [0.25, 0.3) is 0 Å². The van der Waals surface area contributed by atoms with E-state index in [1.807, 2.05) is 26.0 Å². The number of aryl methyl sites for hydroxylation is 3. The molecule has 0 unspecified atom stereocenters. The summed E-state index contributed by atoms with van der Waals surface area (Å²) in [5.41, 5.74) is 5.05. The molecule has 0 fully saturated rings. The fourth-order valence-electron chi connectivity index (χ4n) is 2.67. The number of ether oxygens (including phenoxy) is 1. The Kier molecular flexibility index (Phi) is 5.81. The van der Waals surface area contributed by atoms with Gasteiger partial charge in [-0.1, -0.05) is 41.4 Å². The normalized spacial score (nSPS) is 10.6. The van der Waals surface area contributed by atoms with Crippen molar-refractivity contribution in [3.05, 3.63) is 69.9 Å². The standard InChI is InChI=1S/C21H23ClN4O/c1-13-5-7-16(8-6-13)12-23-21-24-15(3)10-20(26-21)25-18-9-14(2)17(22)11-19(18)27-4/h5-11H,12H2,1-4H3,(H2,23,24,25,26). The highest BCUT2D eigenvalue weighted by Gasteiger charge is 2.09. The minimum atomic E-state index is 0.572.